The Balaban J connectivity index is 4.27. The Labute approximate surface area is 476 Å². The summed E-state index contributed by atoms with van der Waals surface area (Å²) in [4.78, 5) is 38.4. The summed E-state index contributed by atoms with van der Waals surface area (Å²) in [5.41, 5.74) is 0. The van der Waals surface area contributed by atoms with Crippen LogP contribution in [0.2, 0.25) is 0 Å². The number of hydrogen-bond acceptors (Lipinski definition) is 6. The van der Waals surface area contributed by atoms with Crippen LogP contribution in [0, 0.1) is 11.8 Å². The molecule has 76 heavy (non-hydrogen) atoms. The zero-order chi connectivity index (χ0) is 55.3. The highest BCUT2D eigenvalue weighted by atomic mass is 16.6. The predicted molar refractivity (Wildman–Crippen MR) is 330 cm³/mol. The molecule has 6 heteroatoms. The van der Waals surface area contributed by atoms with Crippen molar-refractivity contribution in [2.45, 2.75) is 407 Å². The molecule has 452 valence electrons. The van der Waals surface area contributed by atoms with Gasteiger partial charge in [0, 0.05) is 19.3 Å². The summed E-state index contributed by atoms with van der Waals surface area (Å²) in [6.07, 6.45) is 71.1. The lowest BCUT2D eigenvalue weighted by Gasteiger charge is -2.18. The van der Waals surface area contributed by atoms with Crippen molar-refractivity contribution in [2.75, 3.05) is 13.2 Å². The minimum atomic E-state index is -0.764. The van der Waals surface area contributed by atoms with E-state index in [1.807, 2.05) is 0 Å². The van der Waals surface area contributed by atoms with Crippen LogP contribution in [0.15, 0.2) is 0 Å². The average molecular weight is 1070 g/mol. The molecule has 0 heterocycles. The second kappa shape index (κ2) is 62.6. The van der Waals surface area contributed by atoms with Gasteiger partial charge in [-0.05, 0) is 31.1 Å². The van der Waals surface area contributed by atoms with Crippen molar-refractivity contribution in [1.82, 2.24) is 0 Å². The van der Waals surface area contributed by atoms with Crippen LogP contribution in [0.4, 0.5) is 0 Å². The fourth-order valence-electron chi connectivity index (χ4n) is 11.0. The molecule has 0 aromatic rings. The van der Waals surface area contributed by atoms with E-state index in [0.717, 1.165) is 69.6 Å². The average Bonchev–Trinajstić information content (AvgIpc) is 3.41. The minimum Gasteiger partial charge on any atom is -0.462 e. The van der Waals surface area contributed by atoms with Crippen LogP contribution in [0.25, 0.3) is 0 Å². The number of unbranched alkanes of at least 4 members (excludes halogenated alkanes) is 48. The highest BCUT2D eigenvalue weighted by Crippen LogP contribution is 2.20. The van der Waals surface area contributed by atoms with Gasteiger partial charge in [0.25, 0.3) is 0 Å². The van der Waals surface area contributed by atoms with E-state index in [2.05, 4.69) is 34.6 Å². The highest BCUT2D eigenvalue weighted by molar-refractivity contribution is 5.71. The van der Waals surface area contributed by atoms with Crippen molar-refractivity contribution < 1.29 is 28.6 Å². The fraction of sp³-hybridized carbons (Fsp3) is 0.957. The van der Waals surface area contributed by atoms with Crippen LogP contribution in [-0.4, -0.2) is 37.2 Å². The van der Waals surface area contributed by atoms with E-state index < -0.39 is 6.10 Å². The van der Waals surface area contributed by atoms with Crippen LogP contribution < -0.4 is 0 Å². The van der Waals surface area contributed by atoms with Gasteiger partial charge in [-0.1, -0.05) is 362 Å². The number of carbonyl (C=O) groups excluding carboxylic acids is 3. The van der Waals surface area contributed by atoms with Crippen LogP contribution in [0.1, 0.15) is 401 Å². The molecule has 2 atom stereocenters. The Hall–Kier alpha value is -1.59. The van der Waals surface area contributed by atoms with Crippen molar-refractivity contribution in [1.29, 1.82) is 0 Å². The molecule has 0 aliphatic heterocycles. The van der Waals surface area contributed by atoms with Gasteiger partial charge in [0.1, 0.15) is 13.2 Å². The normalized spacial score (nSPS) is 12.4. The van der Waals surface area contributed by atoms with Gasteiger partial charge < -0.3 is 14.2 Å². The first-order valence-electron chi connectivity index (χ1n) is 34.8. The standard InChI is InChI=1S/C70H136O6/c1-6-8-9-10-11-12-13-14-15-16-20-25-30-35-40-45-50-55-60-68(71)74-63-67(76-70(73)62-57-52-47-42-37-32-27-22-23-28-33-38-43-48-53-58-65(3)4)64-75-69(72)61-56-51-46-41-36-31-26-21-18-17-19-24-29-34-39-44-49-54-59-66(5)7-2/h65-67H,6-64H2,1-5H3/t66?,67-/m0/s1. The topological polar surface area (TPSA) is 78.9 Å². The molecule has 0 fully saturated rings. The molecule has 0 aliphatic rings. The fourth-order valence-corrected chi connectivity index (χ4v) is 11.0. The largest absolute Gasteiger partial charge is 0.462 e. The van der Waals surface area contributed by atoms with Gasteiger partial charge in [-0.15, -0.1) is 0 Å². The van der Waals surface area contributed by atoms with Gasteiger partial charge in [0.2, 0.25) is 0 Å². The van der Waals surface area contributed by atoms with Crippen molar-refractivity contribution in [3.05, 3.63) is 0 Å². The predicted octanol–water partition coefficient (Wildman–Crippen LogP) is 23.6. The van der Waals surface area contributed by atoms with Crippen molar-refractivity contribution in [2.24, 2.45) is 11.8 Å². The molecule has 0 aromatic heterocycles. The molecule has 1 unspecified atom stereocenters. The highest BCUT2D eigenvalue weighted by Gasteiger charge is 2.20. The summed E-state index contributed by atoms with van der Waals surface area (Å²) in [7, 11) is 0. The summed E-state index contributed by atoms with van der Waals surface area (Å²) in [5, 5.41) is 0. The number of rotatable bonds is 64. The first kappa shape index (κ1) is 74.4. The van der Waals surface area contributed by atoms with Crippen LogP contribution in [0.5, 0.6) is 0 Å². The van der Waals surface area contributed by atoms with Crippen molar-refractivity contribution in [3.63, 3.8) is 0 Å². The molecule has 0 bridgehead atoms. The summed E-state index contributed by atoms with van der Waals surface area (Å²) >= 11 is 0. The summed E-state index contributed by atoms with van der Waals surface area (Å²) in [5.74, 6) is 0.933. The van der Waals surface area contributed by atoms with Gasteiger partial charge in [-0.3, -0.25) is 14.4 Å². The Kier molecular flexibility index (Phi) is 61.3. The van der Waals surface area contributed by atoms with Gasteiger partial charge in [-0.25, -0.2) is 0 Å². The molecule has 0 amide bonds. The summed E-state index contributed by atoms with van der Waals surface area (Å²) < 4.78 is 17.0. The number of esters is 3. The molecule has 0 rings (SSSR count). The SMILES string of the molecule is CCCCCCCCCCCCCCCCCCCCC(=O)OC[C@@H](COC(=O)CCCCCCCCCCCCCCCCCCCCC(C)CC)OC(=O)CCCCCCCCCCCCCCCCCC(C)C. The molecule has 0 aliphatic carbocycles. The first-order valence-corrected chi connectivity index (χ1v) is 34.8. The van der Waals surface area contributed by atoms with Gasteiger partial charge in [-0.2, -0.15) is 0 Å². The van der Waals surface area contributed by atoms with Crippen LogP contribution >= 0.6 is 0 Å². The number of ether oxygens (including phenoxy) is 3. The lowest BCUT2D eigenvalue weighted by molar-refractivity contribution is -0.167. The maximum Gasteiger partial charge on any atom is 0.306 e. The molecule has 0 spiro atoms. The van der Waals surface area contributed by atoms with Gasteiger partial charge >= 0.3 is 17.9 Å². The molecule has 0 N–H and O–H groups in total. The number of hydrogen-bond donors (Lipinski definition) is 0. The smallest absolute Gasteiger partial charge is 0.306 e. The second-order valence-corrected chi connectivity index (χ2v) is 24.9. The Morgan fingerprint density at radius 3 is 0.750 bits per heavy atom. The molecule has 0 saturated heterocycles. The third-order valence-corrected chi connectivity index (χ3v) is 16.6. The van der Waals surface area contributed by atoms with E-state index in [4.69, 9.17) is 14.2 Å². The maximum absolute atomic E-state index is 12.9. The third kappa shape index (κ3) is 61.6. The Morgan fingerprint density at radius 2 is 0.500 bits per heavy atom. The van der Waals surface area contributed by atoms with E-state index in [0.29, 0.717) is 19.3 Å². The van der Waals surface area contributed by atoms with Gasteiger partial charge in [0.05, 0.1) is 0 Å². The molecular formula is C70H136O6. The molecule has 0 aromatic carbocycles. The molecular weight excluding hydrogens is 937 g/mol. The minimum absolute atomic E-state index is 0.0613. The maximum atomic E-state index is 12.9. The van der Waals surface area contributed by atoms with E-state index in [-0.39, 0.29) is 31.1 Å². The van der Waals surface area contributed by atoms with Crippen LogP contribution in [-0.2, 0) is 28.6 Å². The molecule has 6 nitrogen and oxygen atoms in total. The van der Waals surface area contributed by atoms with Crippen LogP contribution in [0.3, 0.4) is 0 Å². The monoisotopic (exact) mass is 1070 g/mol. The van der Waals surface area contributed by atoms with E-state index in [9.17, 15) is 14.4 Å². The molecule has 0 saturated carbocycles. The number of carbonyl (C=O) groups is 3. The molecule has 0 radical (unpaired) electrons. The van der Waals surface area contributed by atoms with E-state index in [1.54, 1.807) is 0 Å². The van der Waals surface area contributed by atoms with E-state index in [1.165, 1.54) is 289 Å². The quantitative estimate of drug-likeness (QED) is 0.0343. The first-order chi connectivity index (χ1) is 37.3. The zero-order valence-electron chi connectivity index (χ0n) is 52.4. The Morgan fingerprint density at radius 1 is 0.276 bits per heavy atom. The Bertz CT molecular complexity index is 1170. The third-order valence-electron chi connectivity index (χ3n) is 16.6. The summed E-state index contributed by atoms with van der Waals surface area (Å²) in [6, 6.07) is 0. The lowest BCUT2D eigenvalue weighted by Crippen LogP contribution is -2.30. The van der Waals surface area contributed by atoms with E-state index >= 15 is 0 Å². The van der Waals surface area contributed by atoms with Crippen molar-refractivity contribution >= 4 is 17.9 Å². The zero-order valence-corrected chi connectivity index (χ0v) is 52.4. The second-order valence-electron chi connectivity index (χ2n) is 24.9. The summed E-state index contributed by atoms with van der Waals surface area (Å²) in [6.45, 7) is 11.5. The lowest BCUT2D eigenvalue weighted by atomic mass is 9.99. The van der Waals surface area contributed by atoms with Gasteiger partial charge in [0.15, 0.2) is 6.10 Å². The van der Waals surface area contributed by atoms with Crippen molar-refractivity contribution in [3.8, 4) is 0 Å².